The number of alkyl halides is 1. The fourth-order valence-electron chi connectivity index (χ4n) is 10.2. The smallest absolute Gasteiger partial charge is 0.256 e. The number of benzene rings is 1. The van der Waals surface area contributed by atoms with Crippen molar-refractivity contribution in [3.05, 3.63) is 47.8 Å². The number of ketones is 1. The maximum absolute atomic E-state index is 16.3. The summed E-state index contributed by atoms with van der Waals surface area (Å²) in [6.07, 6.45) is 13.4. The van der Waals surface area contributed by atoms with Gasteiger partial charge in [0.2, 0.25) is 0 Å². The van der Waals surface area contributed by atoms with Gasteiger partial charge in [-0.3, -0.25) is 9.59 Å². The van der Waals surface area contributed by atoms with Gasteiger partial charge in [0.1, 0.15) is 6.17 Å². The predicted octanol–water partition coefficient (Wildman–Crippen LogP) is 4.50. The number of likely N-dealkylation sites (tertiary alicyclic amines) is 1. The summed E-state index contributed by atoms with van der Waals surface area (Å²) in [5, 5.41) is 7.83. The molecule has 0 spiro atoms. The zero-order valence-corrected chi connectivity index (χ0v) is 27.1. The number of morpholine rings is 1. The highest BCUT2D eigenvalue weighted by Gasteiger charge is 2.59. The summed E-state index contributed by atoms with van der Waals surface area (Å²) >= 11 is 0. The van der Waals surface area contributed by atoms with E-state index in [0.717, 1.165) is 44.2 Å². The van der Waals surface area contributed by atoms with E-state index < -0.39 is 24.2 Å². The van der Waals surface area contributed by atoms with E-state index in [-0.39, 0.29) is 41.9 Å². The quantitative estimate of drug-likeness (QED) is 0.372. The van der Waals surface area contributed by atoms with E-state index in [2.05, 4.69) is 44.6 Å². The molecule has 3 aliphatic heterocycles. The first-order valence-electron chi connectivity index (χ1n) is 18.1. The summed E-state index contributed by atoms with van der Waals surface area (Å²) in [5.41, 5.74) is 2.53. The highest BCUT2D eigenvalue weighted by atomic mass is 19.1. The highest BCUT2D eigenvalue weighted by molar-refractivity contribution is 6.20. The van der Waals surface area contributed by atoms with E-state index in [1.54, 1.807) is 0 Å². The Hall–Kier alpha value is -2.75. The standard InChI is InChI=1S/C37H50FN5O3/c1-42-16-6-9-25(42)13-15-40-37(45)28-21-43-31-17-22-7-2-3-8-23(22)18-32(31)46-36-33(29(38)19-27(34(36)43)35(28)44)39-14-12-24-20-41-30-11-5-4-10-26(24)30/h4-5,10-11,20-23,25,27,29,31-34,36,39,41H,2-3,6-9,12-19H2,1H3,(H,40,45). The Kier molecular flexibility index (Phi) is 8.44. The fraction of sp³-hybridized carbons (Fsp3) is 0.676. The lowest BCUT2D eigenvalue weighted by Crippen LogP contribution is -2.73. The number of carbonyl (C=O) groups is 2. The minimum Gasteiger partial charge on any atom is -0.369 e. The van der Waals surface area contributed by atoms with Gasteiger partial charge in [-0.15, -0.1) is 0 Å². The minimum absolute atomic E-state index is 0.0175. The Bertz CT molecular complexity index is 1480. The molecule has 46 heavy (non-hydrogen) atoms. The third-order valence-electron chi connectivity index (χ3n) is 12.6. The summed E-state index contributed by atoms with van der Waals surface area (Å²) < 4.78 is 23.2. The Labute approximate surface area is 271 Å². The van der Waals surface area contributed by atoms with Gasteiger partial charge in [-0.05, 0) is 88.5 Å². The number of H-pyrrole nitrogens is 1. The SMILES string of the molecule is CN1CCCC1CCNC(=O)C1=CN2C3CC4CCCCC4CC3OC3C(NCCc4c[nH]c5ccccc45)C(F)CC(C1=O)C32. The van der Waals surface area contributed by atoms with Gasteiger partial charge in [-0.25, -0.2) is 4.39 Å². The number of hydrogen-bond acceptors (Lipinski definition) is 6. The van der Waals surface area contributed by atoms with Crippen LogP contribution in [0.15, 0.2) is 42.2 Å². The number of halogens is 1. The molecule has 9 heteroatoms. The van der Waals surface area contributed by atoms with Crippen LogP contribution in [-0.2, 0) is 20.7 Å². The number of fused-ring (bicyclic) bond motifs is 4. The molecule has 1 amide bonds. The Morgan fingerprint density at radius 3 is 2.72 bits per heavy atom. The summed E-state index contributed by atoms with van der Waals surface area (Å²) in [6, 6.07) is 8.10. The van der Waals surface area contributed by atoms with E-state index in [1.165, 1.54) is 43.1 Å². The second-order valence-corrected chi connectivity index (χ2v) is 15.1. The molecule has 8 nitrogen and oxygen atoms in total. The molecule has 8 rings (SSSR count). The maximum atomic E-state index is 16.3. The van der Waals surface area contributed by atoms with Crippen LogP contribution in [0.2, 0.25) is 0 Å². The van der Waals surface area contributed by atoms with Crippen molar-refractivity contribution >= 4 is 22.6 Å². The van der Waals surface area contributed by atoms with Crippen molar-refractivity contribution in [2.75, 3.05) is 26.7 Å². The van der Waals surface area contributed by atoms with Gasteiger partial charge < -0.3 is 30.2 Å². The number of amides is 1. The number of aromatic amines is 1. The van der Waals surface area contributed by atoms with Crippen molar-refractivity contribution in [3.8, 4) is 0 Å². The molecule has 2 saturated heterocycles. The van der Waals surface area contributed by atoms with Gasteiger partial charge in [0.25, 0.3) is 5.91 Å². The molecule has 4 heterocycles. The average molecular weight is 632 g/mol. The molecule has 2 aromatic rings. The van der Waals surface area contributed by atoms with Crippen LogP contribution in [0, 0.1) is 17.8 Å². The Morgan fingerprint density at radius 2 is 1.89 bits per heavy atom. The van der Waals surface area contributed by atoms with Gasteiger partial charge in [0.15, 0.2) is 5.78 Å². The van der Waals surface area contributed by atoms with Gasteiger partial charge in [-0.1, -0.05) is 43.9 Å². The number of carbonyl (C=O) groups excluding carboxylic acids is 2. The summed E-state index contributed by atoms with van der Waals surface area (Å²) in [6.45, 7) is 2.26. The normalized spacial score (nSPS) is 37.4. The monoisotopic (exact) mass is 631 g/mol. The van der Waals surface area contributed by atoms with E-state index in [0.29, 0.717) is 31.0 Å². The molecular formula is C37H50FN5O3. The molecule has 0 bridgehead atoms. The number of ether oxygens (including phenoxy) is 1. The number of Topliss-reactive ketones (excluding diaryl/α,β-unsaturated/α-hetero) is 1. The molecule has 6 aliphatic rings. The second-order valence-electron chi connectivity index (χ2n) is 15.1. The van der Waals surface area contributed by atoms with Crippen LogP contribution in [0.25, 0.3) is 10.9 Å². The van der Waals surface area contributed by atoms with Gasteiger partial charge in [0, 0.05) is 41.8 Å². The minimum atomic E-state index is -1.23. The van der Waals surface area contributed by atoms with E-state index in [4.69, 9.17) is 4.74 Å². The maximum Gasteiger partial charge on any atom is 0.256 e. The average Bonchev–Trinajstić information content (AvgIpc) is 3.68. The van der Waals surface area contributed by atoms with Crippen molar-refractivity contribution < 1.29 is 18.7 Å². The third-order valence-corrected chi connectivity index (χ3v) is 12.6. The molecule has 5 fully saturated rings. The van der Waals surface area contributed by atoms with E-state index in [1.807, 2.05) is 24.5 Å². The first-order chi connectivity index (χ1) is 22.5. The second kappa shape index (κ2) is 12.7. The molecule has 0 radical (unpaired) electrons. The van der Waals surface area contributed by atoms with Crippen LogP contribution in [-0.4, -0.2) is 95.7 Å². The molecule has 10 unspecified atom stereocenters. The van der Waals surface area contributed by atoms with Crippen LogP contribution in [0.4, 0.5) is 4.39 Å². The molecule has 3 N–H and O–H groups in total. The summed E-state index contributed by atoms with van der Waals surface area (Å²) in [5.74, 6) is 0.207. The lowest BCUT2D eigenvalue weighted by Gasteiger charge is -2.61. The lowest BCUT2D eigenvalue weighted by atomic mass is 9.65. The molecule has 1 aromatic heterocycles. The number of rotatable bonds is 8. The highest BCUT2D eigenvalue weighted by Crippen LogP contribution is 2.50. The number of hydrogen-bond donors (Lipinski definition) is 3. The number of para-hydroxylation sites is 1. The molecular weight excluding hydrogens is 581 g/mol. The molecule has 3 saturated carbocycles. The lowest BCUT2D eigenvalue weighted by molar-refractivity contribution is -0.208. The predicted molar refractivity (Wildman–Crippen MR) is 176 cm³/mol. The zero-order valence-electron chi connectivity index (χ0n) is 27.1. The van der Waals surface area contributed by atoms with Crippen LogP contribution in [0.1, 0.15) is 69.8 Å². The van der Waals surface area contributed by atoms with E-state index >= 15 is 4.39 Å². The topological polar surface area (TPSA) is 89.7 Å². The van der Waals surface area contributed by atoms with Crippen molar-refractivity contribution in [3.63, 3.8) is 0 Å². The zero-order chi connectivity index (χ0) is 31.4. The summed E-state index contributed by atoms with van der Waals surface area (Å²) in [7, 11) is 2.14. The largest absolute Gasteiger partial charge is 0.369 e. The van der Waals surface area contributed by atoms with Crippen LogP contribution < -0.4 is 10.6 Å². The van der Waals surface area contributed by atoms with Crippen molar-refractivity contribution in [2.45, 2.75) is 113 Å². The Balaban J connectivity index is 1.03. The van der Waals surface area contributed by atoms with Crippen molar-refractivity contribution in [1.82, 2.24) is 25.4 Å². The number of nitrogens with zero attached hydrogens (tertiary/aromatic N) is 2. The van der Waals surface area contributed by atoms with Gasteiger partial charge in [0.05, 0.1) is 35.9 Å². The van der Waals surface area contributed by atoms with Crippen LogP contribution in [0.3, 0.4) is 0 Å². The van der Waals surface area contributed by atoms with E-state index in [9.17, 15) is 9.59 Å². The first kappa shape index (κ1) is 30.6. The molecule has 1 aromatic carbocycles. The Morgan fingerprint density at radius 1 is 1.07 bits per heavy atom. The summed E-state index contributed by atoms with van der Waals surface area (Å²) in [4.78, 5) is 35.7. The van der Waals surface area contributed by atoms with Crippen molar-refractivity contribution in [2.24, 2.45) is 17.8 Å². The van der Waals surface area contributed by atoms with Crippen molar-refractivity contribution in [1.29, 1.82) is 0 Å². The third kappa shape index (κ3) is 5.50. The fourth-order valence-corrected chi connectivity index (χ4v) is 10.2. The van der Waals surface area contributed by atoms with Crippen LogP contribution >= 0.6 is 0 Å². The number of aromatic nitrogens is 1. The van der Waals surface area contributed by atoms with Crippen LogP contribution in [0.5, 0.6) is 0 Å². The van der Waals surface area contributed by atoms with Gasteiger partial charge in [-0.2, -0.15) is 0 Å². The molecule has 10 atom stereocenters. The molecule has 248 valence electrons. The van der Waals surface area contributed by atoms with Gasteiger partial charge >= 0.3 is 0 Å². The molecule has 3 aliphatic carbocycles. The number of nitrogens with one attached hydrogen (secondary N) is 3. The first-order valence-corrected chi connectivity index (χ1v) is 18.1.